The summed E-state index contributed by atoms with van der Waals surface area (Å²) in [4.78, 5) is 19.2. The molecule has 1 unspecified atom stereocenters. The molecule has 6 nitrogen and oxygen atoms in total. The number of ether oxygens (including phenoxy) is 1. The van der Waals surface area contributed by atoms with Crippen LogP contribution in [0.1, 0.15) is 31.1 Å². The Kier molecular flexibility index (Phi) is 6.79. The number of morpholine rings is 1. The summed E-state index contributed by atoms with van der Waals surface area (Å²) >= 11 is 0. The average molecular weight is 405 g/mol. The maximum absolute atomic E-state index is 13.2. The van der Waals surface area contributed by atoms with Crippen molar-refractivity contribution in [1.82, 2.24) is 14.9 Å². The minimum atomic E-state index is -0.332. The van der Waals surface area contributed by atoms with Gasteiger partial charge < -0.3 is 9.64 Å². The number of hydrogen-bond acceptors (Lipinski definition) is 5. The molecule has 1 aliphatic rings. The van der Waals surface area contributed by atoms with Crippen molar-refractivity contribution in [3.63, 3.8) is 0 Å². The number of aromatic nitrogens is 1. The molecule has 1 aromatic heterocycles. The third-order valence-corrected chi connectivity index (χ3v) is 4.80. The number of benzene rings is 1. The van der Waals surface area contributed by atoms with Crippen molar-refractivity contribution in [3.8, 4) is 0 Å². The number of hydrazone groups is 1. The second kappa shape index (κ2) is 9.50. The Morgan fingerprint density at radius 1 is 1.30 bits per heavy atom. The van der Waals surface area contributed by atoms with Gasteiger partial charge in [-0.3, -0.25) is 9.78 Å². The van der Waals surface area contributed by atoms with Crippen LogP contribution in [0.4, 0.5) is 0 Å². The molecule has 30 heavy (non-hydrogen) atoms. The molecule has 0 aliphatic carbocycles. The van der Waals surface area contributed by atoms with Crippen LogP contribution in [0.3, 0.4) is 0 Å². The zero-order chi connectivity index (χ0) is 21.7. The molecule has 0 saturated carbocycles. The lowest BCUT2D eigenvalue weighted by molar-refractivity contribution is -0.0137. The summed E-state index contributed by atoms with van der Waals surface area (Å²) in [6, 6.07) is 7.64. The molecule has 1 fully saturated rings. The van der Waals surface area contributed by atoms with E-state index in [1.807, 2.05) is 56.0 Å². The van der Waals surface area contributed by atoms with Crippen LogP contribution in [0.2, 0.25) is 0 Å². The predicted octanol–water partition coefficient (Wildman–Crippen LogP) is 4.38. The number of rotatable bonds is 6. The molecule has 2 aromatic rings. The predicted molar refractivity (Wildman–Crippen MR) is 121 cm³/mol. The van der Waals surface area contributed by atoms with E-state index in [1.54, 1.807) is 23.6 Å². The summed E-state index contributed by atoms with van der Waals surface area (Å²) in [5.74, 6) is -0.0235. The van der Waals surface area contributed by atoms with Gasteiger partial charge in [0.25, 0.3) is 5.91 Å². The van der Waals surface area contributed by atoms with Gasteiger partial charge in [-0.25, -0.2) is 5.01 Å². The van der Waals surface area contributed by atoms with Crippen molar-refractivity contribution < 1.29 is 9.53 Å². The van der Waals surface area contributed by atoms with Crippen molar-refractivity contribution >= 4 is 22.9 Å². The Bertz CT molecular complexity index is 1020. The third-order valence-electron chi connectivity index (χ3n) is 4.80. The first-order valence-corrected chi connectivity index (χ1v) is 9.96. The molecule has 1 atom stereocenters. The van der Waals surface area contributed by atoms with E-state index in [4.69, 9.17) is 4.74 Å². The summed E-state index contributed by atoms with van der Waals surface area (Å²) in [5.41, 5.74) is 3.09. The minimum Gasteiger partial charge on any atom is -0.368 e. The summed E-state index contributed by atoms with van der Waals surface area (Å²) < 4.78 is 6.04. The van der Waals surface area contributed by atoms with Crippen LogP contribution in [0.25, 0.3) is 10.8 Å². The first kappa shape index (κ1) is 21.5. The van der Waals surface area contributed by atoms with Gasteiger partial charge in [-0.1, -0.05) is 24.8 Å². The highest BCUT2D eigenvalue weighted by molar-refractivity contribution is 5.98. The van der Waals surface area contributed by atoms with Gasteiger partial charge in [-0.05, 0) is 50.4 Å². The third kappa shape index (κ3) is 4.83. The second-order valence-electron chi connectivity index (χ2n) is 7.38. The highest BCUT2D eigenvalue weighted by Gasteiger charge is 2.30. The average Bonchev–Trinajstić information content (AvgIpc) is 2.75. The summed E-state index contributed by atoms with van der Waals surface area (Å²) in [6.07, 6.45) is 6.83. The molecule has 0 spiro atoms. The summed E-state index contributed by atoms with van der Waals surface area (Å²) in [6.45, 7) is 15.1. The Morgan fingerprint density at radius 2 is 2.10 bits per heavy atom. The van der Waals surface area contributed by atoms with Crippen molar-refractivity contribution in [2.75, 3.05) is 19.7 Å². The molecule has 3 rings (SSSR count). The van der Waals surface area contributed by atoms with Crippen LogP contribution in [0, 0.1) is 0 Å². The smallest absolute Gasteiger partial charge is 0.254 e. The molecule has 6 heteroatoms. The van der Waals surface area contributed by atoms with E-state index in [-0.39, 0.29) is 12.0 Å². The minimum absolute atomic E-state index is 0.0235. The van der Waals surface area contributed by atoms with Crippen molar-refractivity contribution in [2.45, 2.75) is 26.9 Å². The van der Waals surface area contributed by atoms with Crippen molar-refractivity contribution in [3.05, 3.63) is 78.4 Å². The fourth-order valence-electron chi connectivity index (χ4n) is 3.46. The van der Waals surface area contributed by atoms with Crippen LogP contribution in [0.5, 0.6) is 0 Å². The van der Waals surface area contributed by atoms with E-state index in [2.05, 4.69) is 23.2 Å². The normalized spacial score (nSPS) is 17.4. The van der Waals surface area contributed by atoms with Gasteiger partial charge in [0.1, 0.15) is 6.10 Å². The maximum atomic E-state index is 13.2. The van der Waals surface area contributed by atoms with E-state index < -0.39 is 0 Å². The SMILES string of the molecule is C=C(C)/C=C(/C1CN(C(=O)c2ccc3ccncc3c2)CCO1)N(/N=C\C)C(=C)C. The van der Waals surface area contributed by atoms with E-state index >= 15 is 0 Å². The zero-order valence-corrected chi connectivity index (χ0v) is 17.8. The monoisotopic (exact) mass is 404 g/mol. The van der Waals surface area contributed by atoms with Crippen LogP contribution in [-0.4, -0.2) is 52.8 Å². The lowest BCUT2D eigenvalue weighted by Gasteiger charge is -2.37. The zero-order valence-electron chi connectivity index (χ0n) is 17.8. The largest absolute Gasteiger partial charge is 0.368 e. The highest BCUT2D eigenvalue weighted by atomic mass is 16.5. The van der Waals surface area contributed by atoms with Crippen LogP contribution < -0.4 is 0 Å². The molecule has 1 aliphatic heterocycles. The van der Waals surface area contributed by atoms with Gasteiger partial charge in [-0.15, -0.1) is 0 Å². The van der Waals surface area contributed by atoms with Gasteiger partial charge in [0, 0.05) is 41.8 Å². The Labute approximate surface area is 177 Å². The molecule has 2 heterocycles. The van der Waals surface area contributed by atoms with Crippen LogP contribution >= 0.6 is 0 Å². The first-order chi connectivity index (χ1) is 14.4. The molecule has 0 N–H and O–H groups in total. The van der Waals surface area contributed by atoms with E-state index in [9.17, 15) is 4.79 Å². The maximum Gasteiger partial charge on any atom is 0.254 e. The number of nitrogens with zero attached hydrogens (tertiary/aromatic N) is 4. The molecule has 1 saturated heterocycles. The number of hydrogen-bond donors (Lipinski definition) is 0. The highest BCUT2D eigenvalue weighted by Crippen LogP contribution is 2.24. The Hall–Kier alpha value is -3.25. The van der Waals surface area contributed by atoms with Crippen molar-refractivity contribution in [2.24, 2.45) is 5.10 Å². The molecule has 0 radical (unpaired) electrons. The number of allylic oxidation sites excluding steroid dienone is 3. The Morgan fingerprint density at radius 3 is 2.80 bits per heavy atom. The number of amides is 1. The van der Waals surface area contributed by atoms with Crippen molar-refractivity contribution in [1.29, 1.82) is 0 Å². The van der Waals surface area contributed by atoms with E-state index in [0.717, 1.165) is 27.7 Å². The standard InChI is InChI=1S/C24H28N4O2/c1-6-26-28(18(4)5)22(13-17(2)3)23-16-27(11-12-30-23)24(29)20-8-7-19-9-10-25-15-21(19)14-20/h6-10,13-15,23H,2,4,11-12,16H2,1,3,5H3/b22-13-,26-6-. The number of pyridine rings is 1. The molecule has 0 bridgehead atoms. The fraction of sp³-hybridized carbons (Fsp3) is 0.292. The fourth-order valence-corrected chi connectivity index (χ4v) is 3.46. The van der Waals surface area contributed by atoms with E-state index in [0.29, 0.717) is 25.3 Å². The molecular weight excluding hydrogens is 376 g/mol. The molecule has 1 amide bonds. The quantitative estimate of drug-likeness (QED) is 0.407. The summed E-state index contributed by atoms with van der Waals surface area (Å²) in [7, 11) is 0. The van der Waals surface area contributed by atoms with Gasteiger partial charge in [0.05, 0.1) is 18.8 Å². The van der Waals surface area contributed by atoms with Gasteiger partial charge in [-0.2, -0.15) is 5.10 Å². The van der Waals surface area contributed by atoms with Gasteiger partial charge in [0.2, 0.25) is 0 Å². The van der Waals surface area contributed by atoms with Crippen LogP contribution in [-0.2, 0) is 4.74 Å². The van der Waals surface area contributed by atoms with Crippen LogP contribution in [0.15, 0.2) is 78.0 Å². The topological polar surface area (TPSA) is 58.0 Å². The first-order valence-electron chi connectivity index (χ1n) is 9.96. The molecule has 156 valence electrons. The lowest BCUT2D eigenvalue weighted by Crippen LogP contribution is -2.48. The summed E-state index contributed by atoms with van der Waals surface area (Å²) in [5, 5.41) is 8.17. The lowest BCUT2D eigenvalue weighted by atomic mass is 10.1. The molecular formula is C24H28N4O2. The Balaban J connectivity index is 1.87. The number of carbonyl (C=O) groups is 1. The van der Waals surface area contributed by atoms with Gasteiger partial charge in [0.15, 0.2) is 0 Å². The van der Waals surface area contributed by atoms with Gasteiger partial charge >= 0.3 is 0 Å². The second-order valence-corrected chi connectivity index (χ2v) is 7.38. The number of fused-ring (bicyclic) bond motifs is 1. The number of carbonyl (C=O) groups excluding carboxylic acids is 1. The van der Waals surface area contributed by atoms with E-state index in [1.165, 1.54) is 0 Å². The molecule has 1 aromatic carbocycles.